The minimum absolute atomic E-state index is 0.0157. The molecule has 0 aromatic heterocycles. The maximum Gasteiger partial charge on any atom is 0.426 e. The Morgan fingerprint density at radius 3 is 2.57 bits per heavy atom. The first-order valence-corrected chi connectivity index (χ1v) is 10.4. The van der Waals surface area contributed by atoms with Gasteiger partial charge < -0.3 is 14.2 Å². The Labute approximate surface area is 181 Å². The van der Waals surface area contributed by atoms with Crippen molar-refractivity contribution in [3.63, 3.8) is 0 Å². The van der Waals surface area contributed by atoms with Crippen LogP contribution in [-0.2, 0) is 16.0 Å². The quantitative estimate of drug-likeness (QED) is 0.474. The van der Waals surface area contributed by atoms with E-state index < -0.39 is 6.09 Å². The highest BCUT2D eigenvalue weighted by Crippen LogP contribution is 2.42. The van der Waals surface area contributed by atoms with Gasteiger partial charge >= 0.3 is 12.1 Å². The molecule has 0 N–H and O–H groups in total. The van der Waals surface area contributed by atoms with Crippen LogP contribution in [0, 0.1) is 0 Å². The molecule has 7 nitrogen and oxygen atoms in total. The molecule has 0 radical (unpaired) electrons. The third-order valence-electron chi connectivity index (χ3n) is 4.35. The summed E-state index contributed by atoms with van der Waals surface area (Å²) in [5.74, 6) is 0.597. The zero-order valence-corrected chi connectivity index (χ0v) is 18.4. The van der Waals surface area contributed by atoms with Gasteiger partial charge in [0.2, 0.25) is 0 Å². The fraction of sp³-hybridized carbons (Fsp3) is 0.364. The van der Waals surface area contributed by atoms with Crippen molar-refractivity contribution in [2.75, 3.05) is 24.5 Å². The number of rotatable bonds is 7. The van der Waals surface area contributed by atoms with Gasteiger partial charge in [0.1, 0.15) is 12.1 Å². The van der Waals surface area contributed by atoms with E-state index in [2.05, 4.69) is 0 Å². The minimum atomic E-state index is -0.577. The number of carbonyl (C=O) groups excluding carboxylic acids is 2. The first kappa shape index (κ1) is 21.8. The SMILES string of the molecule is CCOC(=O)CN(SN(C)C(=O)Oc1cccc2c1OC(C)(C)C2)c1ccccc1. The van der Waals surface area contributed by atoms with Crippen molar-refractivity contribution in [2.24, 2.45) is 0 Å². The van der Waals surface area contributed by atoms with Crippen molar-refractivity contribution in [2.45, 2.75) is 32.8 Å². The Morgan fingerprint density at radius 2 is 1.87 bits per heavy atom. The number of nitrogens with zero attached hydrogens (tertiary/aromatic N) is 2. The van der Waals surface area contributed by atoms with Gasteiger partial charge in [0, 0.05) is 24.7 Å². The summed E-state index contributed by atoms with van der Waals surface area (Å²) in [6, 6.07) is 14.8. The second kappa shape index (κ2) is 9.30. The molecule has 0 atom stereocenters. The summed E-state index contributed by atoms with van der Waals surface area (Å²) in [5, 5.41) is 0. The number of hydrogen-bond donors (Lipinski definition) is 0. The summed E-state index contributed by atoms with van der Waals surface area (Å²) in [7, 11) is 1.59. The third-order valence-corrected chi connectivity index (χ3v) is 5.28. The molecular weight excluding hydrogens is 404 g/mol. The molecule has 0 saturated carbocycles. The molecule has 1 aliphatic heterocycles. The van der Waals surface area contributed by atoms with Crippen LogP contribution >= 0.6 is 12.1 Å². The molecule has 0 aliphatic carbocycles. The summed E-state index contributed by atoms with van der Waals surface area (Å²) >= 11 is 1.06. The Bertz CT molecular complexity index is 904. The molecule has 0 fully saturated rings. The van der Waals surface area contributed by atoms with Crippen molar-refractivity contribution in [1.82, 2.24) is 4.31 Å². The van der Waals surface area contributed by atoms with E-state index in [4.69, 9.17) is 14.2 Å². The molecule has 0 saturated heterocycles. The largest absolute Gasteiger partial charge is 0.483 e. The number of fused-ring (bicyclic) bond motifs is 1. The van der Waals surface area contributed by atoms with Crippen LogP contribution in [0.5, 0.6) is 11.5 Å². The zero-order valence-electron chi connectivity index (χ0n) is 17.6. The Balaban J connectivity index is 1.71. The van der Waals surface area contributed by atoms with Crippen molar-refractivity contribution in [3.8, 4) is 11.5 Å². The van der Waals surface area contributed by atoms with Crippen LogP contribution in [0.4, 0.5) is 10.5 Å². The van der Waals surface area contributed by atoms with Gasteiger partial charge in [0.05, 0.1) is 18.7 Å². The van der Waals surface area contributed by atoms with Gasteiger partial charge in [-0.25, -0.2) is 9.10 Å². The van der Waals surface area contributed by atoms with E-state index in [1.807, 2.05) is 56.3 Å². The maximum atomic E-state index is 12.7. The summed E-state index contributed by atoms with van der Waals surface area (Å²) in [4.78, 5) is 24.8. The van der Waals surface area contributed by atoms with Gasteiger partial charge in [-0.3, -0.25) is 9.10 Å². The normalized spacial score (nSPS) is 13.7. The van der Waals surface area contributed by atoms with Crippen LogP contribution in [0.1, 0.15) is 26.3 Å². The predicted molar refractivity (Wildman–Crippen MR) is 117 cm³/mol. The lowest BCUT2D eigenvalue weighted by atomic mass is 10.0. The van der Waals surface area contributed by atoms with E-state index in [1.54, 1.807) is 24.3 Å². The monoisotopic (exact) mass is 430 g/mol. The van der Waals surface area contributed by atoms with Gasteiger partial charge in [-0.15, -0.1) is 0 Å². The van der Waals surface area contributed by atoms with Crippen LogP contribution in [0.3, 0.4) is 0 Å². The maximum absolute atomic E-state index is 12.7. The van der Waals surface area contributed by atoms with Crippen molar-refractivity contribution in [1.29, 1.82) is 0 Å². The summed E-state index contributed by atoms with van der Waals surface area (Å²) in [6.45, 7) is 6.02. The number of amides is 1. The zero-order chi connectivity index (χ0) is 21.7. The molecule has 0 unspecified atom stereocenters. The van der Waals surface area contributed by atoms with E-state index >= 15 is 0 Å². The number of para-hydroxylation sites is 2. The first-order chi connectivity index (χ1) is 14.3. The highest BCUT2D eigenvalue weighted by molar-refractivity contribution is 7.98. The minimum Gasteiger partial charge on any atom is -0.483 e. The van der Waals surface area contributed by atoms with E-state index in [0.29, 0.717) is 18.1 Å². The summed E-state index contributed by atoms with van der Waals surface area (Å²) < 4.78 is 19.6. The van der Waals surface area contributed by atoms with E-state index in [-0.39, 0.29) is 18.1 Å². The Kier molecular flexibility index (Phi) is 6.77. The first-order valence-electron chi connectivity index (χ1n) is 9.72. The molecule has 1 amide bonds. The number of hydrogen-bond acceptors (Lipinski definition) is 7. The molecule has 2 aromatic rings. The Hall–Kier alpha value is -2.87. The lowest BCUT2D eigenvalue weighted by Gasteiger charge is -2.26. The van der Waals surface area contributed by atoms with Crippen molar-refractivity contribution < 1.29 is 23.8 Å². The molecule has 0 bridgehead atoms. The van der Waals surface area contributed by atoms with E-state index in [0.717, 1.165) is 29.8 Å². The van der Waals surface area contributed by atoms with Gasteiger partial charge in [-0.2, -0.15) is 0 Å². The second-order valence-corrected chi connectivity index (χ2v) is 8.56. The standard InChI is InChI=1S/C22H26N2O5S/c1-5-27-19(25)15-24(17-11-7-6-8-12-17)30-23(4)21(26)28-18-13-9-10-16-14-22(2,3)29-20(16)18/h6-13H,5,14-15H2,1-4H3. The fourth-order valence-electron chi connectivity index (χ4n) is 3.09. The lowest BCUT2D eigenvalue weighted by Crippen LogP contribution is -2.33. The summed E-state index contributed by atoms with van der Waals surface area (Å²) in [6.07, 6.45) is 0.172. The van der Waals surface area contributed by atoms with Crippen LogP contribution in [0.2, 0.25) is 0 Å². The summed E-state index contributed by atoms with van der Waals surface area (Å²) in [5.41, 5.74) is 1.43. The molecule has 8 heteroatoms. The van der Waals surface area contributed by atoms with Gasteiger partial charge in [0.25, 0.3) is 0 Å². The average Bonchev–Trinajstić information content (AvgIpc) is 3.03. The fourth-order valence-corrected chi connectivity index (χ4v) is 3.87. The van der Waals surface area contributed by atoms with E-state index in [9.17, 15) is 9.59 Å². The van der Waals surface area contributed by atoms with Crippen LogP contribution < -0.4 is 13.8 Å². The van der Waals surface area contributed by atoms with Gasteiger partial charge in [-0.05, 0) is 39.0 Å². The number of anilines is 1. The van der Waals surface area contributed by atoms with Gasteiger partial charge in [0.15, 0.2) is 11.5 Å². The highest BCUT2D eigenvalue weighted by atomic mass is 32.2. The average molecular weight is 431 g/mol. The molecule has 3 rings (SSSR count). The molecule has 30 heavy (non-hydrogen) atoms. The second-order valence-electron chi connectivity index (χ2n) is 7.41. The van der Waals surface area contributed by atoms with Crippen molar-refractivity contribution >= 4 is 29.9 Å². The van der Waals surface area contributed by atoms with Crippen LogP contribution in [0.15, 0.2) is 48.5 Å². The van der Waals surface area contributed by atoms with Crippen LogP contribution in [-0.4, -0.2) is 42.2 Å². The number of carbonyl (C=O) groups is 2. The number of ether oxygens (including phenoxy) is 3. The third kappa shape index (κ3) is 5.38. The molecule has 2 aromatic carbocycles. The lowest BCUT2D eigenvalue weighted by molar-refractivity contribution is -0.141. The number of benzene rings is 2. The number of esters is 1. The van der Waals surface area contributed by atoms with Crippen molar-refractivity contribution in [3.05, 3.63) is 54.1 Å². The molecule has 160 valence electrons. The molecule has 1 aliphatic rings. The highest BCUT2D eigenvalue weighted by Gasteiger charge is 2.33. The predicted octanol–water partition coefficient (Wildman–Crippen LogP) is 4.46. The topological polar surface area (TPSA) is 68.3 Å². The van der Waals surface area contributed by atoms with Gasteiger partial charge in [-0.1, -0.05) is 30.3 Å². The molecule has 0 spiro atoms. The Morgan fingerprint density at radius 1 is 1.13 bits per heavy atom. The smallest absolute Gasteiger partial charge is 0.426 e. The molecule has 1 heterocycles. The molecular formula is C22H26N2O5S. The van der Waals surface area contributed by atoms with Crippen LogP contribution in [0.25, 0.3) is 0 Å². The van der Waals surface area contributed by atoms with E-state index in [1.165, 1.54) is 4.31 Å².